The molecule has 1 N–H and O–H groups in total. The number of rotatable bonds is 5. The molecule has 0 aliphatic carbocycles. The molecule has 7 nitrogen and oxygen atoms in total. The second-order valence-electron chi connectivity index (χ2n) is 7.81. The second kappa shape index (κ2) is 8.61. The van der Waals surface area contributed by atoms with Crippen LogP contribution in [0.4, 0.5) is 4.79 Å². The number of hydrogen-bond donors (Lipinski definition) is 1. The number of carbonyl (C=O) groups excluding carboxylic acids is 2. The Morgan fingerprint density at radius 3 is 2.26 bits per heavy atom. The highest BCUT2D eigenvalue weighted by atomic mass is 16.6. The lowest BCUT2D eigenvalue weighted by Crippen LogP contribution is -2.36. The van der Waals surface area contributed by atoms with E-state index in [4.69, 9.17) is 14.2 Å². The van der Waals surface area contributed by atoms with Crippen molar-refractivity contribution < 1.29 is 23.8 Å². The van der Waals surface area contributed by atoms with Gasteiger partial charge in [0.2, 0.25) is 5.91 Å². The van der Waals surface area contributed by atoms with Gasteiger partial charge in [-0.3, -0.25) is 4.79 Å². The molecule has 1 saturated heterocycles. The Bertz CT molecular complexity index is 653. The molecule has 0 saturated carbocycles. The first kappa shape index (κ1) is 21.0. The van der Waals surface area contributed by atoms with E-state index in [0.29, 0.717) is 18.8 Å². The van der Waals surface area contributed by atoms with Crippen molar-refractivity contribution in [2.75, 3.05) is 20.2 Å². The largest absolute Gasteiger partial charge is 0.486 e. The Kier molecular flexibility index (Phi) is 6.70. The predicted octanol–water partition coefficient (Wildman–Crippen LogP) is 2.90. The molecule has 0 radical (unpaired) electrons. The predicted molar refractivity (Wildman–Crippen MR) is 102 cm³/mol. The smallest absolute Gasteiger partial charge is 0.410 e. The van der Waals surface area contributed by atoms with Gasteiger partial charge >= 0.3 is 6.09 Å². The quantitative estimate of drug-likeness (QED) is 0.852. The fraction of sp³-hybridized carbons (Fsp3) is 0.600. The zero-order chi connectivity index (χ0) is 20.2. The summed E-state index contributed by atoms with van der Waals surface area (Å²) in [4.78, 5) is 25.1. The van der Waals surface area contributed by atoms with Crippen LogP contribution in [0.1, 0.15) is 46.2 Å². The molecule has 27 heavy (non-hydrogen) atoms. The minimum atomic E-state index is -0.543. The van der Waals surface area contributed by atoms with Gasteiger partial charge in [0.25, 0.3) is 0 Å². The monoisotopic (exact) mass is 378 g/mol. The van der Waals surface area contributed by atoms with Gasteiger partial charge in [-0.25, -0.2) is 4.79 Å². The topological polar surface area (TPSA) is 77.1 Å². The SMILES string of the molecule is CO[C@@H]1CN(C(=O)OC(C)(C)C)C[C@@H]1Oc1ccc([C@H](C)NC(C)=O)cc1. The highest BCUT2D eigenvalue weighted by molar-refractivity contribution is 5.73. The molecule has 1 aromatic carbocycles. The summed E-state index contributed by atoms with van der Waals surface area (Å²) in [5.41, 5.74) is 0.446. The molecular formula is C20H30N2O5. The Labute approximate surface area is 161 Å². The standard InChI is InChI=1S/C20H30N2O5/c1-13(21-14(2)23)15-7-9-16(10-8-15)26-18-12-22(11-17(18)25-6)19(24)27-20(3,4)5/h7-10,13,17-18H,11-12H2,1-6H3,(H,21,23)/t13-,17+,18-/m0/s1. The molecule has 2 rings (SSSR count). The van der Waals surface area contributed by atoms with E-state index in [0.717, 1.165) is 5.56 Å². The zero-order valence-corrected chi connectivity index (χ0v) is 16.9. The average Bonchev–Trinajstić information content (AvgIpc) is 2.96. The summed E-state index contributed by atoms with van der Waals surface area (Å²) in [5.74, 6) is 0.616. The first-order valence-electron chi connectivity index (χ1n) is 9.13. The van der Waals surface area contributed by atoms with E-state index in [1.165, 1.54) is 6.92 Å². The van der Waals surface area contributed by atoms with E-state index in [1.807, 2.05) is 52.0 Å². The fourth-order valence-electron chi connectivity index (χ4n) is 2.96. The van der Waals surface area contributed by atoms with Crippen LogP contribution in [0.2, 0.25) is 0 Å². The van der Waals surface area contributed by atoms with E-state index in [9.17, 15) is 9.59 Å². The van der Waals surface area contributed by atoms with Gasteiger partial charge in [0.05, 0.1) is 19.1 Å². The van der Waals surface area contributed by atoms with Crippen molar-refractivity contribution in [3.8, 4) is 5.75 Å². The molecule has 3 atom stereocenters. The lowest BCUT2D eigenvalue weighted by Gasteiger charge is -2.24. The van der Waals surface area contributed by atoms with Gasteiger partial charge in [0.15, 0.2) is 0 Å². The van der Waals surface area contributed by atoms with Crippen LogP contribution in [0.5, 0.6) is 5.75 Å². The van der Waals surface area contributed by atoms with Crippen molar-refractivity contribution >= 4 is 12.0 Å². The van der Waals surface area contributed by atoms with E-state index in [1.54, 1.807) is 12.0 Å². The molecule has 0 aromatic heterocycles. The molecule has 1 aliphatic rings. The maximum absolute atomic E-state index is 12.3. The molecule has 2 amide bonds. The van der Waals surface area contributed by atoms with E-state index in [2.05, 4.69) is 5.32 Å². The summed E-state index contributed by atoms with van der Waals surface area (Å²) in [6.45, 7) is 9.76. The third-order valence-corrected chi connectivity index (χ3v) is 4.26. The number of likely N-dealkylation sites (tertiary alicyclic amines) is 1. The van der Waals surface area contributed by atoms with Crippen LogP contribution in [0.25, 0.3) is 0 Å². The van der Waals surface area contributed by atoms with Gasteiger partial charge in [-0.05, 0) is 45.4 Å². The van der Waals surface area contributed by atoms with Gasteiger partial charge in [0.1, 0.15) is 23.6 Å². The summed E-state index contributed by atoms with van der Waals surface area (Å²) in [7, 11) is 1.61. The molecule has 7 heteroatoms. The Balaban J connectivity index is 1.99. The highest BCUT2D eigenvalue weighted by Gasteiger charge is 2.38. The lowest BCUT2D eigenvalue weighted by atomic mass is 10.1. The van der Waals surface area contributed by atoms with Crippen molar-refractivity contribution in [1.82, 2.24) is 10.2 Å². The summed E-state index contributed by atoms with van der Waals surface area (Å²) < 4.78 is 17.0. The van der Waals surface area contributed by atoms with Crippen LogP contribution in [0, 0.1) is 0 Å². The van der Waals surface area contributed by atoms with Gasteiger partial charge in [-0.2, -0.15) is 0 Å². The number of amides is 2. The molecule has 1 aromatic rings. The zero-order valence-electron chi connectivity index (χ0n) is 16.9. The third kappa shape index (κ3) is 6.13. The Morgan fingerprint density at radius 2 is 1.74 bits per heavy atom. The maximum atomic E-state index is 12.3. The van der Waals surface area contributed by atoms with Crippen molar-refractivity contribution in [2.45, 2.75) is 58.5 Å². The first-order chi connectivity index (χ1) is 12.6. The second-order valence-corrected chi connectivity index (χ2v) is 7.81. The molecular weight excluding hydrogens is 348 g/mol. The van der Waals surface area contributed by atoms with Crippen molar-refractivity contribution in [3.63, 3.8) is 0 Å². The minimum Gasteiger partial charge on any atom is -0.486 e. The van der Waals surface area contributed by atoms with Crippen LogP contribution in [-0.2, 0) is 14.3 Å². The minimum absolute atomic E-state index is 0.0704. The molecule has 1 heterocycles. The van der Waals surface area contributed by atoms with Gasteiger partial charge in [-0.15, -0.1) is 0 Å². The van der Waals surface area contributed by atoms with Crippen molar-refractivity contribution in [3.05, 3.63) is 29.8 Å². The number of hydrogen-bond acceptors (Lipinski definition) is 5. The normalized spacial score (nSPS) is 20.9. The molecule has 150 valence electrons. The fourth-order valence-corrected chi connectivity index (χ4v) is 2.96. The summed E-state index contributed by atoms with van der Waals surface area (Å²) in [6, 6.07) is 7.47. The van der Waals surface area contributed by atoms with Crippen LogP contribution >= 0.6 is 0 Å². The van der Waals surface area contributed by atoms with Crippen molar-refractivity contribution in [1.29, 1.82) is 0 Å². The molecule has 1 fully saturated rings. The number of benzene rings is 1. The Morgan fingerprint density at radius 1 is 1.15 bits per heavy atom. The van der Waals surface area contributed by atoms with Crippen molar-refractivity contribution in [2.24, 2.45) is 0 Å². The maximum Gasteiger partial charge on any atom is 0.410 e. The average molecular weight is 378 g/mol. The van der Waals surface area contributed by atoms with Gasteiger partial charge in [0, 0.05) is 14.0 Å². The molecule has 0 unspecified atom stereocenters. The Hall–Kier alpha value is -2.28. The highest BCUT2D eigenvalue weighted by Crippen LogP contribution is 2.24. The molecule has 0 bridgehead atoms. The van der Waals surface area contributed by atoms with E-state index < -0.39 is 5.60 Å². The lowest BCUT2D eigenvalue weighted by molar-refractivity contribution is -0.119. The number of carbonyl (C=O) groups is 2. The van der Waals surface area contributed by atoms with Gasteiger partial charge < -0.3 is 24.4 Å². The van der Waals surface area contributed by atoms with Crippen LogP contribution < -0.4 is 10.1 Å². The first-order valence-corrected chi connectivity index (χ1v) is 9.13. The number of nitrogens with zero attached hydrogens (tertiary/aromatic N) is 1. The molecule has 0 spiro atoms. The number of methoxy groups -OCH3 is 1. The summed E-state index contributed by atoms with van der Waals surface area (Å²) >= 11 is 0. The summed E-state index contributed by atoms with van der Waals surface area (Å²) in [6.07, 6.45) is -0.869. The van der Waals surface area contributed by atoms with Gasteiger partial charge in [-0.1, -0.05) is 12.1 Å². The summed E-state index contributed by atoms with van der Waals surface area (Å²) in [5, 5.41) is 2.85. The molecule has 1 aliphatic heterocycles. The van der Waals surface area contributed by atoms with Crippen LogP contribution in [0.15, 0.2) is 24.3 Å². The van der Waals surface area contributed by atoms with E-state index >= 15 is 0 Å². The third-order valence-electron chi connectivity index (χ3n) is 4.26. The van der Waals surface area contributed by atoms with E-state index in [-0.39, 0.29) is 30.3 Å². The number of ether oxygens (including phenoxy) is 3. The number of nitrogens with one attached hydrogen (secondary N) is 1. The van der Waals surface area contributed by atoms with Crippen LogP contribution in [0.3, 0.4) is 0 Å². The van der Waals surface area contributed by atoms with Crippen LogP contribution in [-0.4, -0.2) is 54.9 Å².